The van der Waals surface area contributed by atoms with Crippen LogP contribution in [0.1, 0.15) is 48.9 Å². The third-order valence-corrected chi connectivity index (χ3v) is 5.95. The Morgan fingerprint density at radius 1 is 1.06 bits per heavy atom. The van der Waals surface area contributed by atoms with Gasteiger partial charge in [0.1, 0.15) is 17.3 Å². The van der Waals surface area contributed by atoms with Gasteiger partial charge < -0.3 is 14.7 Å². The predicted octanol–water partition coefficient (Wildman–Crippen LogP) is 5.41. The zero-order valence-corrected chi connectivity index (χ0v) is 19.5. The van der Waals surface area contributed by atoms with E-state index < -0.39 is 23.5 Å². The lowest BCUT2D eigenvalue weighted by atomic mass is 9.95. The number of aliphatic hydroxyl groups is 1. The molecule has 1 amide bonds. The highest BCUT2D eigenvalue weighted by Gasteiger charge is 2.46. The zero-order valence-electron chi connectivity index (χ0n) is 19.5. The molecular formula is C28H27FN2O4. The van der Waals surface area contributed by atoms with Gasteiger partial charge in [0.25, 0.3) is 11.7 Å². The second-order valence-corrected chi connectivity index (χ2v) is 8.42. The first-order chi connectivity index (χ1) is 17.0. The summed E-state index contributed by atoms with van der Waals surface area (Å²) in [5, 5.41) is 11.1. The van der Waals surface area contributed by atoms with Crippen molar-refractivity contribution >= 4 is 17.4 Å². The molecule has 2 heterocycles. The summed E-state index contributed by atoms with van der Waals surface area (Å²) in [6.45, 7) is 2.83. The van der Waals surface area contributed by atoms with Crippen LogP contribution in [0.15, 0.2) is 78.6 Å². The van der Waals surface area contributed by atoms with Gasteiger partial charge in [-0.25, -0.2) is 4.39 Å². The van der Waals surface area contributed by atoms with Crippen LogP contribution in [0, 0.1) is 5.82 Å². The summed E-state index contributed by atoms with van der Waals surface area (Å²) in [6.07, 6.45) is 6.29. The molecular weight excluding hydrogens is 447 g/mol. The first-order valence-corrected chi connectivity index (χ1v) is 11.7. The van der Waals surface area contributed by atoms with E-state index in [0.717, 1.165) is 24.8 Å². The predicted molar refractivity (Wildman–Crippen MR) is 130 cm³/mol. The average molecular weight is 475 g/mol. The number of hydrogen-bond donors (Lipinski definition) is 1. The van der Waals surface area contributed by atoms with Crippen molar-refractivity contribution in [1.82, 2.24) is 9.88 Å². The lowest BCUT2D eigenvalue weighted by molar-refractivity contribution is -0.140. The number of amides is 1. The van der Waals surface area contributed by atoms with E-state index in [1.807, 2.05) is 6.07 Å². The molecule has 4 rings (SSSR count). The number of benzene rings is 2. The van der Waals surface area contributed by atoms with Gasteiger partial charge in [-0.1, -0.05) is 31.9 Å². The Morgan fingerprint density at radius 2 is 1.80 bits per heavy atom. The lowest BCUT2D eigenvalue weighted by Crippen LogP contribution is -2.29. The van der Waals surface area contributed by atoms with Crippen LogP contribution in [0.2, 0.25) is 0 Å². The van der Waals surface area contributed by atoms with Gasteiger partial charge in [-0.3, -0.25) is 14.6 Å². The molecule has 0 aliphatic carbocycles. The van der Waals surface area contributed by atoms with Crippen molar-refractivity contribution in [1.29, 1.82) is 0 Å². The fourth-order valence-electron chi connectivity index (χ4n) is 4.15. The molecule has 1 aliphatic rings. The molecule has 7 heteroatoms. The number of nitrogens with zero attached hydrogens (tertiary/aromatic N) is 2. The number of carbonyl (C=O) groups is 2. The van der Waals surface area contributed by atoms with E-state index in [1.165, 1.54) is 29.2 Å². The SMILES string of the molecule is CCCCCOc1cccc(C2C(=C(O)c3ccc(F)cc3)C(=O)C(=O)N2Cc2ccncc2)c1. The Hall–Kier alpha value is -4.00. The maximum Gasteiger partial charge on any atom is 0.295 e. The second kappa shape index (κ2) is 11.0. The van der Waals surface area contributed by atoms with E-state index >= 15 is 0 Å². The summed E-state index contributed by atoms with van der Waals surface area (Å²) < 4.78 is 19.4. The maximum atomic E-state index is 13.5. The van der Waals surface area contributed by atoms with E-state index in [1.54, 1.807) is 42.7 Å². The summed E-state index contributed by atoms with van der Waals surface area (Å²) in [5.41, 5.74) is 1.64. The Morgan fingerprint density at radius 3 is 2.51 bits per heavy atom. The molecule has 1 aromatic heterocycles. The number of unbranched alkanes of at least 4 members (excludes halogenated alkanes) is 2. The molecule has 35 heavy (non-hydrogen) atoms. The number of ketones is 1. The molecule has 0 saturated carbocycles. The first kappa shape index (κ1) is 24.1. The van der Waals surface area contributed by atoms with Crippen LogP contribution in [-0.2, 0) is 16.1 Å². The van der Waals surface area contributed by atoms with Crippen molar-refractivity contribution in [3.63, 3.8) is 0 Å². The molecule has 0 radical (unpaired) electrons. The highest BCUT2D eigenvalue weighted by molar-refractivity contribution is 6.46. The van der Waals surface area contributed by atoms with Gasteiger partial charge in [0.2, 0.25) is 0 Å². The quantitative estimate of drug-likeness (QED) is 0.194. The summed E-state index contributed by atoms with van der Waals surface area (Å²) >= 11 is 0. The van der Waals surface area contributed by atoms with Crippen LogP contribution in [0.3, 0.4) is 0 Å². The molecule has 3 aromatic rings. The van der Waals surface area contributed by atoms with Crippen molar-refractivity contribution in [2.45, 2.75) is 38.8 Å². The average Bonchev–Trinajstić information content (AvgIpc) is 3.12. The molecule has 2 aromatic carbocycles. The normalized spacial score (nSPS) is 17.1. The fourth-order valence-corrected chi connectivity index (χ4v) is 4.15. The van der Waals surface area contributed by atoms with Crippen LogP contribution in [0.5, 0.6) is 5.75 Å². The molecule has 6 nitrogen and oxygen atoms in total. The maximum absolute atomic E-state index is 13.5. The molecule has 0 spiro atoms. The highest BCUT2D eigenvalue weighted by Crippen LogP contribution is 2.41. The number of aliphatic hydroxyl groups excluding tert-OH is 1. The summed E-state index contributed by atoms with van der Waals surface area (Å²) in [7, 11) is 0. The number of hydrogen-bond acceptors (Lipinski definition) is 5. The number of ether oxygens (including phenoxy) is 1. The molecule has 1 N–H and O–H groups in total. The number of carbonyl (C=O) groups excluding carboxylic acids is 2. The minimum Gasteiger partial charge on any atom is -0.507 e. The van der Waals surface area contributed by atoms with Crippen molar-refractivity contribution in [3.05, 3.63) is 101 Å². The van der Waals surface area contributed by atoms with Gasteiger partial charge in [0.05, 0.1) is 18.2 Å². The number of aromatic nitrogens is 1. The van der Waals surface area contributed by atoms with Crippen molar-refractivity contribution in [2.24, 2.45) is 0 Å². The first-order valence-electron chi connectivity index (χ1n) is 11.7. The fraction of sp³-hybridized carbons (Fsp3) is 0.250. The van der Waals surface area contributed by atoms with Gasteiger partial charge in [-0.05, 0) is 66.1 Å². The third kappa shape index (κ3) is 5.40. The largest absolute Gasteiger partial charge is 0.507 e. The number of pyridine rings is 1. The molecule has 1 atom stereocenters. The number of rotatable bonds is 9. The monoisotopic (exact) mass is 474 g/mol. The number of Topliss-reactive ketones (excluding diaryl/α,β-unsaturated/α-hetero) is 1. The minimum absolute atomic E-state index is 0.0428. The smallest absolute Gasteiger partial charge is 0.295 e. The molecule has 1 unspecified atom stereocenters. The molecule has 1 saturated heterocycles. The minimum atomic E-state index is -0.840. The Bertz CT molecular complexity index is 1230. The van der Waals surface area contributed by atoms with Crippen LogP contribution in [-0.4, -0.2) is 33.3 Å². The Balaban J connectivity index is 1.77. The standard InChI is InChI=1S/C28H27FN2O4/c1-2-3-4-16-35-23-7-5-6-21(17-23)25-24(26(32)20-8-10-22(29)11-9-20)27(33)28(34)31(25)18-19-12-14-30-15-13-19/h5-15,17,25,32H,2-4,16,18H2,1H3. The molecule has 1 fully saturated rings. The van der Waals surface area contributed by atoms with Crippen molar-refractivity contribution < 1.29 is 23.8 Å². The van der Waals surface area contributed by atoms with Crippen molar-refractivity contribution in [2.75, 3.05) is 6.61 Å². The van der Waals surface area contributed by atoms with Crippen LogP contribution in [0.4, 0.5) is 4.39 Å². The second-order valence-electron chi connectivity index (χ2n) is 8.42. The van der Waals surface area contributed by atoms with E-state index in [4.69, 9.17) is 4.74 Å². The Kier molecular flexibility index (Phi) is 7.55. The molecule has 1 aliphatic heterocycles. The van der Waals surface area contributed by atoms with E-state index in [2.05, 4.69) is 11.9 Å². The van der Waals surface area contributed by atoms with Gasteiger partial charge in [-0.2, -0.15) is 0 Å². The van der Waals surface area contributed by atoms with Crippen molar-refractivity contribution in [3.8, 4) is 5.75 Å². The van der Waals surface area contributed by atoms with E-state index in [-0.39, 0.29) is 23.4 Å². The van der Waals surface area contributed by atoms with E-state index in [0.29, 0.717) is 17.9 Å². The van der Waals surface area contributed by atoms with E-state index in [9.17, 15) is 19.1 Å². The number of likely N-dealkylation sites (tertiary alicyclic amines) is 1. The topological polar surface area (TPSA) is 79.7 Å². The van der Waals surface area contributed by atoms with Crippen LogP contribution in [0.25, 0.3) is 5.76 Å². The summed E-state index contributed by atoms with van der Waals surface area (Å²) in [6, 6.07) is 15.1. The lowest BCUT2D eigenvalue weighted by Gasteiger charge is -2.25. The molecule has 180 valence electrons. The highest BCUT2D eigenvalue weighted by atomic mass is 19.1. The van der Waals surface area contributed by atoms with Gasteiger partial charge >= 0.3 is 0 Å². The van der Waals surface area contributed by atoms with Gasteiger partial charge in [0, 0.05) is 24.5 Å². The summed E-state index contributed by atoms with van der Waals surface area (Å²) in [5.74, 6) is -1.70. The molecule has 0 bridgehead atoms. The summed E-state index contributed by atoms with van der Waals surface area (Å²) in [4.78, 5) is 31.8. The van der Waals surface area contributed by atoms with Gasteiger partial charge in [0.15, 0.2) is 0 Å². The van der Waals surface area contributed by atoms with Gasteiger partial charge in [-0.15, -0.1) is 0 Å². The van der Waals surface area contributed by atoms with Crippen LogP contribution < -0.4 is 4.74 Å². The Labute approximate surface area is 203 Å². The van der Waals surface area contributed by atoms with Crippen LogP contribution >= 0.6 is 0 Å². The zero-order chi connectivity index (χ0) is 24.8. The third-order valence-electron chi connectivity index (χ3n) is 5.95. The number of halogens is 1.